The van der Waals surface area contributed by atoms with Crippen LogP contribution in [0.2, 0.25) is 0 Å². The highest BCUT2D eigenvalue weighted by atomic mass is 16.3. The first kappa shape index (κ1) is 14.9. The summed E-state index contributed by atoms with van der Waals surface area (Å²) in [5, 5.41) is 13.2. The molecule has 0 aliphatic heterocycles. The molecule has 15 heavy (non-hydrogen) atoms. The predicted molar refractivity (Wildman–Crippen MR) is 67.1 cm³/mol. The number of aliphatic hydroxyl groups is 1. The lowest BCUT2D eigenvalue weighted by atomic mass is 10.0. The summed E-state index contributed by atoms with van der Waals surface area (Å²) in [6.07, 6.45) is 7.32. The second-order valence-electron chi connectivity index (χ2n) is 4.98. The number of rotatable bonds is 9. The van der Waals surface area contributed by atoms with Crippen LogP contribution < -0.4 is 5.32 Å². The molecule has 0 aromatic heterocycles. The summed E-state index contributed by atoms with van der Waals surface area (Å²) in [7, 11) is 0. The minimum absolute atomic E-state index is 0.528. The second kappa shape index (κ2) is 8.12. The molecule has 0 aromatic carbocycles. The molecule has 0 aromatic rings. The Balaban J connectivity index is 3.44. The molecule has 0 heterocycles. The summed E-state index contributed by atoms with van der Waals surface area (Å²) in [6.45, 7) is 9.06. The Bertz CT molecular complexity index is 145. The summed E-state index contributed by atoms with van der Waals surface area (Å²) < 4.78 is 0. The quantitative estimate of drug-likeness (QED) is 0.579. The SMILES string of the molecule is CCCCCCC(C)NCC(C)(O)CC. The van der Waals surface area contributed by atoms with Crippen LogP contribution in [-0.2, 0) is 0 Å². The van der Waals surface area contributed by atoms with Gasteiger partial charge in [-0.1, -0.05) is 39.5 Å². The van der Waals surface area contributed by atoms with Crippen LogP contribution in [0.15, 0.2) is 0 Å². The molecular formula is C13H29NO. The fraction of sp³-hybridized carbons (Fsp3) is 1.00. The van der Waals surface area contributed by atoms with E-state index in [4.69, 9.17) is 0 Å². The average Bonchev–Trinajstić information content (AvgIpc) is 2.22. The summed E-state index contributed by atoms with van der Waals surface area (Å²) in [4.78, 5) is 0. The van der Waals surface area contributed by atoms with Gasteiger partial charge in [0.2, 0.25) is 0 Å². The van der Waals surface area contributed by atoms with Crippen molar-refractivity contribution in [1.29, 1.82) is 0 Å². The van der Waals surface area contributed by atoms with Crippen molar-refractivity contribution in [1.82, 2.24) is 5.32 Å². The van der Waals surface area contributed by atoms with E-state index in [0.717, 1.165) is 6.42 Å². The van der Waals surface area contributed by atoms with Crippen LogP contribution in [0.5, 0.6) is 0 Å². The van der Waals surface area contributed by atoms with Crippen LogP contribution in [0.4, 0.5) is 0 Å². The first-order valence-corrected chi connectivity index (χ1v) is 6.47. The molecule has 0 fully saturated rings. The van der Waals surface area contributed by atoms with Crippen molar-refractivity contribution in [2.45, 2.75) is 77.9 Å². The summed E-state index contributed by atoms with van der Waals surface area (Å²) >= 11 is 0. The maximum absolute atomic E-state index is 9.82. The van der Waals surface area contributed by atoms with E-state index in [2.05, 4.69) is 19.2 Å². The van der Waals surface area contributed by atoms with Crippen LogP contribution in [0, 0.1) is 0 Å². The largest absolute Gasteiger partial charge is 0.389 e. The molecule has 2 atom stereocenters. The van der Waals surface area contributed by atoms with E-state index in [0.29, 0.717) is 12.6 Å². The van der Waals surface area contributed by atoms with Crippen LogP contribution in [0.3, 0.4) is 0 Å². The maximum Gasteiger partial charge on any atom is 0.0741 e. The molecule has 2 nitrogen and oxygen atoms in total. The molecule has 0 radical (unpaired) electrons. The van der Waals surface area contributed by atoms with Gasteiger partial charge in [0.15, 0.2) is 0 Å². The van der Waals surface area contributed by atoms with Gasteiger partial charge in [-0.25, -0.2) is 0 Å². The van der Waals surface area contributed by atoms with Gasteiger partial charge in [-0.2, -0.15) is 0 Å². The highest BCUT2D eigenvalue weighted by molar-refractivity contribution is 4.75. The summed E-state index contributed by atoms with van der Waals surface area (Å²) in [6, 6.07) is 0.528. The normalized spacial score (nSPS) is 17.4. The summed E-state index contributed by atoms with van der Waals surface area (Å²) in [5.41, 5.74) is -0.544. The molecule has 2 unspecified atom stereocenters. The third-order valence-corrected chi connectivity index (χ3v) is 3.08. The van der Waals surface area contributed by atoms with E-state index in [-0.39, 0.29) is 0 Å². The van der Waals surface area contributed by atoms with E-state index in [1.165, 1.54) is 32.1 Å². The molecule has 0 bridgehead atoms. The molecule has 2 N–H and O–H groups in total. The highest BCUT2D eigenvalue weighted by Crippen LogP contribution is 2.09. The molecule has 0 spiro atoms. The zero-order chi connectivity index (χ0) is 11.7. The Morgan fingerprint density at radius 2 is 1.87 bits per heavy atom. The minimum Gasteiger partial charge on any atom is -0.389 e. The minimum atomic E-state index is -0.544. The van der Waals surface area contributed by atoms with Crippen molar-refractivity contribution in [2.75, 3.05) is 6.54 Å². The van der Waals surface area contributed by atoms with Gasteiger partial charge in [0.25, 0.3) is 0 Å². The van der Waals surface area contributed by atoms with Gasteiger partial charge in [0, 0.05) is 12.6 Å². The van der Waals surface area contributed by atoms with Gasteiger partial charge in [0.1, 0.15) is 0 Å². The Morgan fingerprint density at radius 1 is 1.20 bits per heavy atom. The van der Waals surface area contributed by atoms with Crippen molar-refractivity contribution in [3.63, 3.8) is 0 Å². The Labute approximate surface area is 95.5 Å². The first-order valence-electron chi connectivity index (χ1n) is 6.47. The second-order valence-corrected chi connectivity index (χ2v) is 4.98. The maximum atomic E-state index is 9.82. The highest BCUT2D eigenvalue weighted by Gasteiger charge is 2.17. The van der Waals surface area contributed by atoms with Gasteiger partial charge in [-0.05, 0) is 26.7 Å². The molecule has 0 rings (SSSR count). The van der Waals surface area contributed by atoms with E-state index in [1.54, 1.807) is 0 Å². The zero-order valence-corrected chi connectivity index (χ0v) is 11.0. The topological polar surface area (TPSA) is 32.3 Å². The number of hydrogen-bond donors (Lipinski definition) is 2. The van der Waals surface area contributed by atoms with E-state index in [1.807, 2.05) is 13.8 Å². The standard InChI is InChI=1S/C13H29NO/c1-5-7-8-9-10-12(3)14-11-13(4,15)6-2/h12,14-15H,5-11H2,1-4H3. The lowest BCUT2D eigenvalue weighted by molar-refractivity contribution is 0.0530. The van der Waals surface area contributed by atoms with Gasteiger partial charge in [-0.15, -0.1) is 0 Å². The van der Waals surface area contributed by atoms with Crippen molar-refractivity contribution in [2.24, 2.45) is 0 Å². The van der Waals surface area contributed by atoms with Crippen LogP contribution >= 0.6 is 0 Å². The molecule has 0 aliphatic carbocycles. The van der Waals surface area contributed by atoms with Gasteiger partial charge in [-0.3, -0.25) is 0 Å². The lowest BCUT2D eigenvalue weighted by Gasteiger charge is -2.24. The van der Waals surface area contributed by atoms with Crippen molar-refractivity contribution in [3.05, 3.63) is 0 Å². The molecular weight excluding hydrogens is 186 g/mol. The Kier molecular flexibility index (Phi) is 8.07. The van der Waals surface area contributed by atoms with Crippen LogP contribution in [0.25, 0.3) is 0 Å². The number of hydrogen-bond acceptors (Lipinski definition) is 2. The summed E-state index contributed by atoms with van der Waals surface area (Å²) in [5.74, 6) is 0. The van der Waals surface area contributed by atoms with E-state index < -0.39 is 5.60 Å². The molecule has 0 saturated heterocycles. The predicted octanol–water partition coefficient (Wildman–Crippen LogP) is 3.10. The monoisotopic (exact) mass is 215 g/mol. The molecule has 0 saturated carbocycles. The van der Waals surface area contributed by atoms with Crippen LogP contribution in [0.1, 0.15) is 66.2 Å². The lowest BCUT2D eigenvalue weighted by Crippen LogP contribution is -2.41. The third-order valence-electron chi connectivity index (χ3n) is 3.08. The van der Waals surface area contributed by atoms with E-state index >= 15 is 0 Å². The van der Waals surface area contributed by atoms with Crippen LogP contribution in [-0.4, -0.2) is 23.3 Å². The van der Waals surface area contributed by atoms with E-state index in [9.17, 15) is 5.11 Å². The molecule has 0 aliphatic rings. The van der Waals surface area contributed by atoms with Gasteiger partial charge < -0.3 is 10.4 Å². The Morgan fingerprint density at radius 3 is 2.40 bits per heavy atom. The fourth-order valence-corrected chi connectivity index (χ4v) is 1.50. The third kappa shape index (κ3) is 8.88. The number of unbranched alkanes of at least 4 members (excludes halogenated alkanes) is 3. The molecule has 2 heteroatoms. The van der Waals surface area contributed by atoms with Gasteiger partial charge in [0.05, 0.1) is 5.60 Å². The molecule has 0 amide bonds. The van der Waals surface area contributed by atoms with Crippen molar-refractivity contribution >= 4 is 0 Å². The zero-order valence-electron chi connectivity index (χ0n) is 11.0. The average molecular weight is 215 g/mol. The first-order chi connectivity index (χ1) is 7.02. The van der Waals surface area contributed by atoms with Crippen molar-refractivity contribution < 1.29 is 5.11 Å². The Hall–Kier alpha value is -0.0800. The number of nitrogens with one attached hydrogen (secondary N) is 1. The fourth-order valence-electron chi connectivity index (χ4n) is 1.50. The molecule has 92 valence electrons. The smallest absolute Gasteiger partial charge is 0.0741 e. The van der Waals surface area contributed by atoms with Crippen molar-refractivity contribution in [3.8, 4) is 0 Å². The van der Waals surface area contributed by atoms with Gasteiger partial charge >= 0.3 is 0 Å².